The highest BCUT2D eigenvalue weighted by molar-refractivity contribution is 9.10. The molecule has 0 aromatic heterocycles. The Morgan fingerprint density at radius 2 is 1.44 bits per heavy atom. The SMILES string of the molecule is O=C1C(c2ccccc2)=CC(O)(c2ccc(Br)cc2)N1Cc1ccccc1. The highest BCUT2D eigenvalue weighted by atomic mass is 79.9. The van der Waals surface area contributed by atoms with E-state index in [1.54, 1.807) is 6.08 Å². The van der Waals surface area contributed by atoms with Crippen molar-refractivity contribution in [1.82, 2.24) is 4.90 Å². The van der Waals surface area contributed by atoms with Crippen LogP contribution in [0.5, 0.6) is 0 Å². The van der Waals surface area contributed by atoms with Gasteiger partial charge in [0.25, 0.3) is 5.91 Å². The minimum atomic E-state index is -1.50. The Balaban J connectivity index is 1.80. The maximum Gasteiger partial charge on any atom is 0.257 e. The molecule has 0 spiro atoms. The van der Waals surface area contributed by atoms with E-state index in [4.69, 9.17) is 0 Å². The molecule has 0 fully saturated rings. The number of halogens is 1. The number of benzene rings is 3. The number of carbonyl (C=O) groups excluding carboxylic acids is 1. The molecule has 1 aliphatic rings. The van der Waals surface area contributed by atoms with Crippen LogP contribution in [0.25, 0.3) is 5.57 Å². The second kappa shape index (κ2) is 7.14. The maximum atomic E-state index is 13.3. The molecule has 3 aromatic carbocycles. The van der Waals surface area contributed by atoms with Crippen LogP contribution >= 0.6 is 15.9 Å². The summed E-state index contributed by atoms with van der Waals surface area (Å²) in [5.74, 6) is -0.185. The van der Waals surface area contributed by atoms with Crippen molar-refractivity contribution in [3.05, 3.63) is 112 Å². The van der Waals surface area contributed by atoms with Crippen LogP contribution < -0.4 is 0 Å². The van der Waals surface area contributed by atoms with Crippen LogP contribution in [0.4, 0.5) is 0 Å². The Morgan fingerprint density at radius 1 is 0.852 bits per heavy atom. The van der Waals surface area contributed by atoms with Crippen molar-refractivity contribution in [2.24, 2.45) is 0 Å². The molecule has 134 valence electrons. The molecule has 1 N–H and O–H groups in total. The van der Waals surface area contributed by atoms with Crippen LogP contribution in [0.2, 0.25) is 0 Å². The van der Waals surface area contributed by atoms with E-state index in [1.807, 2.05) is 84.9 Å². The molecule has 1 unspecified atom stereocenters. The molecule has 1 aliphatic heterocycles. The molecule has 1 amide bonds. The molecule has 4 heteroatoms. The Morgan fingerprint density at radius 3 is 2.07 bits per heavy atom. The first-order valence-electron chi connectivity index (χ1n) is 8.70. The van der Waals surface area contributed by atoms with Crippen molar-refractivity contribution in [1.29, 1.82) is 0 Å². The third-order valence-electron chi connectivity index (χ3n) is 4.77. The van der Waals surface area contributed by atoms with Gasteiger partial charge in [0, 0.05) is 22.2 Å². The van der Waals surface area contributed by atoms with Crippen LogP contribution in [0.15, 0.2) is 95.5 Å². The van der Waals surface area contributed by atoms with Gasteiger partial charge < -0.3 is 5.11 Å². The van der Waals surface area contributed by atoms with Crippen LogP contribution in [0, 0.1) is 0 Å². The molecule has 27 heavy (non-hydrogen) atoms. The van der Waals surface area contributed by atoms with E-state index in [2.05, 4.69) is 15.9 Å². The Kier molecular flexibility index (Phi) is 4.68. The second-order valence-electron chi connectivity index (χ2n) is 6.53. The Hall–Kier alpha value is -2.69. The lowest BCUT2D eigenvalue weighted by atomic mass is 10.00. The zero-order valence-corrected chi connectivity index (χ0v) is 16.1. The Bertz CT molecular complexity index is 984. The van der Waals surface area contributed by atoms with Gasteiger partial charge in [0.2, 0.25) is 0 Å². The largest absolute Gasteiger partial charge is 0.363 e. The summed E-state index contributed by atoms with van der Waals surface area (Å²) in [4.78, 5) is 14.8. The van der Waals surface area contributed by atoms with Crippen molar-refractivity contribution >= 4 is 27.4 Å². The van der Waals surface area contributed by atoms with Gasteiger partial charge in [-0.1, -0.05) is 88.7 Å². The van der Waals surface area contributed by atoms with Gasteiger partial charge in [-0.3, -0.25) is 9.69 Å². The number of amides is 1. The number of hydrogen-bond acceptors (Lipinski definition) is 2. The van der Waals surface area contributed by atoms with Gasteiger partial charge in [0.05, 0.1) is 0 Å². The molecule has 0 aliphatic carbocycles. The molecule has 0 radical (unpaired) electrons. The monoisotopic (exact) mass is 419 g/mol. The lowest BCUT2D eigenvalue weighted by molar-refractivity contribution is -0.143. The fourth-order valence-corrected chi connectivity index (χ4v) is 3.62. The average Bonchev–Trinajstić information content (AvgIpc) is 2.96. The van der Waals surface area contributed by atoms with Gasteiger partial charge >= 0.3 is 0 Å². The van der Waals surface area contributed by atoms with Crippen LogP contribution in [0.3, 0.4) is 0 Å². The molecule has 0 saturated heterocycles. The van der Waals surface area contributed by atoms with Gasteiger partial charge in [-0.15, -0.1) is 0 Å². The molecule has 3 nitrogen and oxygen atoms in total. The molecule has 1 atom stereocenters. The smallest absolute Gasteiger partial charge is 0.257 e. The zero-order valence-electron chi connectivity index (χ0n) is 14.5. The summed E-state index contributed by atoms with van der Waals surface area (Å²) in [7, 11) is 0. The number of hydrogen-bond donors (Lipinski definition) is 1. The molecule has 3 aromatic rings. The van der Waals surface area contributed by atoms with E-state index in [9.17, 15) is 9.90 Å². The van der Waals surface area contributed by atoms with Crippen molar-refractivity contribution < 1.29 is 9.90 Å². The van der Waals surface area contributed by atoms with Gasteiger partial charge in [-0.05, 0) is 29.3 Å². The molecule has 0 saturated carbocycles. The minimum Gasteiger partial charge on any atom is -0.363 e. The molecular formula is C23H18BrNO2. The number of aliphatic hydroxyl groups is 1. The summed E-state index contributed by atoms with van der Waals surface area (Å²) in [6.45, 7) is 0.319. The lowest BCUT2D eigenvalue weighted by Gasteiger charge is -2.33. The minimum absolute atomic E-state index is 0.185. The highest BCUT2D eigenvalue weighted by Crippen LogP contribution is 2.40. The summed E-state index contributed by atoms with van der Waals surface area (Å²) in [5, 5.41) is 11.6. The van der Waals surface area contributed by atoms with E-state index in [-0.39, 0.29) is 5.91 Å². The van der Waals surface area contributed by atoms with Crippen molar-refractivity contribution in [2.75, 3.05) is 0 Å². The predicted molar refractivity (Wildman–Crippen MR) is 109 cm³/mol. The topological polar surface area (TPSA) is 40.5 Å². The fourth-order valence-electron chi connectivity index (χ4n) is 3.36. The van der Waals surface area contributed by atoms with Crippen LogP contribution in [-0.2, 0) is 17.1 Å². The average molecular weight is 420 g/mol. The highest BCUT2D eigenvalue weighted by Gasteiger charge is 2.45. The van der Waals surface area contributed by atoms with Gasteiger partial charge in [0.15, 0.2) is 5.72 Å². The standard InChI is InChI=1S/C23H18BrNO2/c24-20-13-11-19(12-14-20)23(27)15-21(18-9-5-2-6-10-18)22(26)25(23)16-17-7-3-1-4-8-17/h1-15,27H,16H2. The normalized spacial score (nSPS) is 19.3. The second-order valence-corrected chi connectivity index (χ2v) is 7.45. The van der Waals surface area contributed by atoms with E-state index in [0.29, 0.717) is 17.7 Å². The fraction of sp³-hybridized carbons (Fsp3) is 0.0870. The summed E-state index contributed by atoms with van der Waals surface area (Å²) < 4.78 is 0.918. The molecular weight excluding hydrogens is 402 g/mol. The summed E-state index contributed by atoms with van der Waals surface area (Å²) in [5.41, 5.74) is 1.43. The van der Waals surface area contributed by atoms with Crippen molar-refractivity contribution in [2.45, 2.75) is 12.3 Å². The van der Waals surface area contributed by atoms with Gasteiger partial charge in [0.1, 0.15) is 0 Å². The third kappa shape index (κ3) is 3.34. The molecule has 1 heterocycles. The zero-order chi connectivity index (χ0) is 18.9. The lowest BCUT2D eigenvalue weighted by Crippen LogP contribution is -2.43. The number of carbonyl (C=O) groups is 1. The van der Waals surface area contributed by atoms with Crippen LogP contribution in [-0.4, -0.2) is 15.9 Å². The summed E-state index contributed by atoms with van der Waals surface area (Å²) >= 11 is 3.42. The molecule has 0 bridgehead atoms. The Labute approximate surface area is 166 Å². The number of rotatable bonds is 4. The predicted octanol–water partition coefficient (Wildman–Crippen LogP) is 4.72. The van der Waals surface area contributed by atoms with Crippen molar-refractivity contribution in [3.63, 3.8) is 0 Å². The van der Waals surface area contributed by atoms with E-state index < -0.39 is 5.72 Å². The third-order valence-corrected chi connectivity index (χ3v) is 5.30. The summed E-state index contributed by atoms with van der Waals surface area (Å²) in [6.07, 6.45) is 1.66. The number of nitrogens with zero attached hydrogens (tertiary/aromatic N) is 1. The first-order chi connectivity index (χ1) is 13.1. The van der Waals surface area contributed by atoms with Crippen LogP contribution in [0.1, 0.15) is 16.7 Å². The van der Waals surface area contributed by atoms with E-state index in [1.165, 1.54) is 4.90 Å². The van der Waals surface area contributed by atoms with E-state index >= 15 is 0 Å². The van der Waals surface area contributed by atoms with E-state index in [0.717, 1.165) is 15.6 Å². The summed E-state index contributed by atoms with van der Waals surface area (Å²) in [6, 6.07) is 26.6. The first-order valence-corrected chi connectivity index (χ1v) is 9.50. The maximum absolute atomic E-state index is 13.3. The molecule has 4 rings (SSSR count). The van der Waals surface area contributed by atoms with Crippen molar-refractivity contribution in [3.8, 4) is 0 Å². The first kappa shape index (κ1) is 17.7. The quantitative estimate of drug-likeness (QED) is 0.664. The van der Waals surface area contributed by atoms with Gasteiger partial charge in [-0.2, -0.15) is 0 Å². The van der Waals surface area contributed by atoms with Gasteiger partial charge in [-0.25, -0.2) is 0 Å².